The van der Waals surface area contributed by atoms with E-state index in [9.17, 15) is 12.8 Å². The Bertz CT molecular complexity index is 1080. The third-order valence-corrected chi connectivity index (χ3v) is 8.03. The van der Waals surface area contributed by atoms with Crippen LogP contribution in [0.3, 0.4) is 0 Å². The van der Waals surface area contributed by atoms with Crippen molar-refractivity contribution in [1.29, 1.82) is 0 Å². The van der Waals surface area contributed by atoms with E-state index in [1.54, 1.807) is 41.1 Å². The molecule has 3 aromatic rings. The molecule has 0 bridgehead atoms. The molecule has 2 aromatic carbocycles. The first kappa shape index (κ1) is 21.7. The summed E-state index contributed by atoms with van der Waals surface area (Å²) in [6, 6.07) is 12.9. The molecule has 1 fully saturated rings. The van der Waals surface area contributed by atoms with Gasteiger partial charge in [0.1, 0.15) is 5.82 Å². The first-order valence-electron chi connectivity index (χ1n) is 10.8. The first-order valence-corrected chi connectivity index (χ1v) is 12.2. The van der Waals surface area contributed by atoms with E-state index in [2.05, 4.69) is 4.98 Å². The third-order valence-electron chi connectivity index (χ3n) is 6.05. The molecule has 7 heteroatoms. The van der Waals surface area contributed by atoms with Crippen LogP contribution >= 0.6 is 0 Å². The number of sulfonamides is 1. The molecule has 164 valence electrons. The summed E-state index contributed by atoms with van der Waals surface area (Å²) in [5, 5.41) is 0. The predicted octanol–water partition coefficient (Wildman–Crippen LogP) is 5.10. The molecule has 1 saturated heterocycles. The van der Waals surface area contributed by atoms with Crippen molar-refractivity contribution in [2.24, 2.45) is 0 Å². The van der Waals surface area contributed by atoms with Crippen LogP contribution in [-0.2, 0) is 16.6 Å². The van der Waals surface area contributed by atoms with Crippen LogP contribution < -0.4 is 0 Å². The highest BCUT2D eigenvalue weighted by molar-refractivity contribution is 7.89. The lowest BCUT2D eigenvalue weighted by Gasteiger charge is -2.30. The van der Waals surface area contributed by atoms with Gasteiger partial charge in [-0.3, -0.25) is 0 Å². The molecule has 31 heavy (non-hydrogen) atoms. The molecule has 0 aliphatic carbocycles. The van der Waals surface area contributed by atoms with E-state index >= 15 is 0 Å². The molecule has 2 atom stereocenters. The van der Waals surface area contributed by atoms with Gasteiger partial charge in [-0.2, -0.15) is 4.31 Å². The number of halogens is 1. The Morgan fingerprint density at radius 1 is 1.03 bits per heavy atom. The fraction of sp³-hybridized carbons (Fsp3) is 0.375. The fourth-order valence-corrected chi connectivity index (χ4v) is 6.31. The molecule has 0 amide bonds. The lowest BCUT2D eigenvalue weighted by Crippen LogP contribution is -2.37. The molecule has 0 N–H and O–H groups in total. The van der Waals surface area contributed by atoms with Gasteiger partial charge in [-0.1, -0.05) is 36.2 Å². The van der Waals surface area contributed by atoms with Crippen molar-refractivity contribution in [3.63, 3.8) is 0 Å². The molecule has 0 radical (unpaired) electrons. The van der Waals surface area contributed by atoms with Crippen molar-refractivity contribution in [1.82, 2.24) is 13.9 Å². The summed E-state index contributed by atoms with van der Waals surface area (Å²) in [7, 11) is -3.67. The van der Waals surface area contributed by atoms with Crippen LogP contribution in [0.25, 0.3) is 0 Å². The molecule has 0 saturated carbocycles. The molecular formula is C24H28FN3O2S. The van der Waals surface area contributed by atoms with E-state index < -0.39 is 10.0 Å². The summed E-state index contributed by atoms with van der Waals surface area (Å²) in [4.78, 5) is 4.38. The maximum absolute atomic E-state index is 13.7. The minimum Gasteiger partial charge on any atom is -0.337 e. The van der Waals surface area contributed by atoms with Crippen molar-refractivity contribution < 1.29 is 12.8 Å². The second kappa shape index (κ2) is 9.32. The van der Waals surface area contributed by atoms with E-state index in [-0.39, 0.29) is 17.9 Å². The number of aryl methyl sites for hydroxylation is 2. The maximum Gasteiger partial charge on any atom is 0.243 e. The highest BCUT2D eigenvalue weighted by Gasteiger charge is 2.42. The molecule has 2 heterocycles. The minimum atomic E-state index is -3.67. The van der Waals surface area contributed by atoms with Crippen LogP contribution in [0.15, 0.2) is 72.1 Å². The standard InChI is InChI=1S/C24H28FN3O2S/c1-19-5-12-23(13-6-19)31(29,30)28-22(4-2-3-16-27-17-15-26-18-27)11-14-24(28)20-7-9-21(25)10-8-20/h5-10,12-13,15,17-18,22,24H,2-4,11,14,16H2,1H3. The van der Waals surface area contributed by atoms with Gasteiger partial charge in [0.2, 0.25) is 10.0 Å². The maximum atomic E-state index is 13.7. The fourth-order valence-electron chi connectivity index (χ4n) is 4.42. The highest BCUT2D eigenvalue weighted by Crippen LogP contribution is 2.42. The molecule has 2 unspecified atom stereocenters. The van der Waals surface area contributed by atoms with E-state index in [4.69, 9.17) is 0 Å². The van der Waals surface area contributed by atoms with Crippen molar-refractivity contribution in [2.45, 2.75) is 62.6 Å². The van der Waals surface area contributed by atoms with E-state index in [0.717, 1.165) is 49.8 Å². The summed E-state index contributed by atoms with van der Waals surface area (Å²) in [6.45, 7) is 2.81. The monoisotopic (exact) mass is 441 g/mol. The molecule has 5 nitrogen and oxygen atoms in total. The average molecular weight is 442 g/mol. The number of hydrogen-bond acceptors (Lipinski definition) is 3. The molecule has 1 aromatic heterocycles. The van der Waals surface area contributed by atoms with Crippen molar-refractivity contribution in [3.8, 4) is 0 Å². The predicted molar refractivity (Wildman–Crippen MR) is 118 cm³/mol. The Labute approximate surface area is 183 Å². The van der Waals surface area contributed by atoms with Crippen molar-refractivity contribution >= 4 is 10.0 Å². The summed E-state index contributed by atoms with van der Waals surface area (Å²) in [5.41, 5.74) is 1.87. The second-order valence-electron chi connectivity index (χ2n) is 8.24. The zero-order chi connectivity index (χ0) is 21.8. The zero-order valence-corrected chi connectivity index (χ0v) is 18.5. The number of unbranched alkanes of at least 4 members (excludes halogenated alkanes) is 1. The van der Waals surface area contributed by atoms with Crippen LogP contribution in [0.5, 0.6) is 0 Å². The van der Waals surface area contributed by atoms with Gasteiger partial charge in [0.15, 0.2) is 0 Å². The first-order chi connectivity index (χ1) is 14.9. The van der Waals surface area contributed by atoms with E-state index in [1.165, 1.54) is 12.1 Å². The van der Waals surface area contributed by atoms with Gasteiger partial charge in [0.05, 0.1) is 17.3 Å². The molecular weight excluding hydrogens is 413 g/mol. The lowest BCUT2D eigenvalue weighted by molar-refractivity contribution is 0.306. The van der Waals surface area contributed by atoms with Crippen LogP contribution in [0.2, 0.25) is 0 Å². The summed E-state index contributed by atoms with van der Waals surface area (Å²) in [5.74, 6) is -0.314. The molecule has 1 aliphatic rings. The summed E-state index contributed by atoms with van der Waals surface area (Å²) >= 11 is 0. The largest absolute Gasteiger partial charge is 0.337 e. The van der Waals surface area contributed by atoms with Gasteiger partial charge in [-0.15, -0.1) is 0 Å². The zero-order valence-electron chi connectivity index (χ0n) is 17.7. The van der Waals surface area contributed by atoms with Crippen LogP contribution in [-0.4, -0.2) is 28.3 Å². The number of aromatic nitrogens is 2. The number of imidazole rings is 1. The Hall–Kier alpha value is -2.51. The Morgan fingerprint density at radius 3 is 2.45 bits per heavy atom. The van der Waals surface area contributed by atoms with Crippen molar-refractivity contribution in [3.05, 3.63) is 84.2 Å². The van der Waals surface area contributed by atoms with Crippen LogP contribution in [0, 0.1) is 12.7 Å². The quantitative estimate of drug-likeness (QED) is 0.457. The Morgan fingerprint density at radius 2 is 1.77 bits per heavy atom. The number of nitrogens with zero attached hydrogens (tertiary/aromatic N) is 3. The SMILES string of the molecule is Cc1ccc(S(=O)(=O)N2C(CCCCn3ccnc3)CCC2c2ccc(F)cc2)cc1. The normalized spacial score (nSPS) is 19.7. The van der Waals surface area contributed by atoms with Crippen molar-refractivity contribution in [2.75, 3.05) is 0 Å². The van der Waals surface area contributed by atoms with E-state index in [0.29, 0.717) is 4.90 Å². The highest BCUT2D eigenvalue weighted by atomic mass is 32.2. The lowest BCUT2D eigenvalue weighted by atomic mass is 10.0. The summed E-state index contributed by atoms with van der Waals surface area (Å²) in [6.07, 6.45) is 9.74. The molecule has 1 aliphatic heterocycles. The Balaban J connectivity index is 1.56. The third kappa shape index (κ3) is 4.88. The average Bonchev–Trinajstić information content (AvgIpc) is 3.42. The Kier molecular flexibility index (Phi) is 6.53. The second-order valence-corrected chi connectivity index (χ2v) is 10.1. The van der Waals surface area contributed by atoms with Gasteiger partial charge >= 0.3 is 0 Å². The van der Waals surface area contributed by atoms with Crippen LogP contribution in [0.4, 0.5) is 4.39 Å². The molecule has 0 spiro atoms. The van der Waals surface area contributed by atoms with Gasteiger partial charge in [-0.05, 0) is 62.4 Å². The number of hydrogen-bond donors (Lipinski definition) is 0. The van der Waals surface area contributed by atoms with Gasteiger partial charge < -0.3 is 4.57 Å². The number of benzene rings is 2. The van der Waals surface area contributed by atoms with E-state index in [1.807, 2.05) is 29.8 Å². The van der Waals surface area contributed by atoms with Gasteiger partial charge in [-0.25, -0.2) is 17.8 Å². The smallest absolute Gasteiger partial charge is 0.243 e. The summed E-state index contributed by atoms with van der Waals surface area (Å²) < 4.78 is 44.5. The molecule has 4 rings (SSSR count). The van der Waals surface area contributed by atoms with Gasteiger partial charge in [0.25, 0.3) is 0 Å². The topological polar surface area (TPSA) is 55.2 Å². The van der Waals surface area contributed by atoms with Gasteiger partial charge in [0, 0.05) is 25.0 Å². The van der Waals surface area contributed by atoms with Crippen LogP contribution in [0.1, 0.15) is 49.3 Å². The minimum absolute atomic E-state index is 0.0656. The number of rotatable bonds is 8.